The minimum absolute atomic E-state index is 0.0281. The number of anilines is 1. The maximum absolute atomic E-state index is 12.3. The molecule has 0 unspecified atom stereocenters. The molecule has 1 atom stereocenters. The van der Waals surface area contributed by atoms with Crippen molar-refractivity contribution in [2.24, 2.45) is 0 Å². The quantitative estimate of drug-likeness (QED) is 0.874. The molecule has 0 saturated heterocycles. The van der Waals surface area contributed by atoms with Crippen molar-refractivity contribution >= 4 is 21.6 Å². The molecule has 0 heterocycles. The Hall–Kier alpha value is -2.34. The summed E-state index contributed by atoms with van der Waals surface area (Å²) in [6, 6.07) is 16.1. The monoisotopic (exact) mass is 346 g/mol. The number of nitrogens with one attached hydrogen (secondary N) is 1. The molecule has 6 heteroatoms. The number of nitrogens with zero attached hydrogens (tertiary/aromatic N) is 1. The van der Waals surface area contributed by atoms with Crippen LogP contribution in [0.3, 0.4) is 0 Å². The summed E-state index contributed by atoms with van der Waals surface area (Å²) in [6.07, 6.45) is 0. The highest BCUT2D eigenvalue weighted by atomic mass is 32.2. The molecular weight excluding hydrogens is 324 g/mol. The van der Waals surface area contributed by atoms with Gasteiger partial charge in [0.1, 0.15) is 0 Å². The molecule has 5 nitrogen and oxygen atoms in total. The van der Waals surface area contributed by atoms with Gasteiger partial charge in [-0.2, -0.15) is 0 Å². The van der Waals surface area contributed by atoms with Gasteiger partial charge in [-0.25, -0.2) is 8.42 Å². The van der Waals surface area contributed by atoms with Crippen LogP contribution in [0, 0.1) is 0 Å². The normalized spacial score (nSPS) is 12.5. The predicted octanol–water partition coefficient (Wildman–Crippen LogP) is 2.96. The molecule has 0 bridgehead atoms. The van der Waals surface area contributed by atoms with Gasteiger partial charge in [-0.3, -0.25) is 9.10 Å². The number of rotatable bonds is 6. The molecule has 2 aromatic carbocycles. The molecule has 0 aromatic heterocycles. The summed E-state index contributed by atoms with van der Waals surface area (Å²) in [4.78, 5) is 12.3. The smallest absolute Gasteiger partial charge is 0.251 e. The van der Waals surface area contributed by atoms with Crippen LogP contribution in [0.1, 0.15) is 35.8 Å². The molecule has 128 valence electrons. The van der Waals surface area contributed by atoms with Gasteiger partial charge in [0, 0.05) is 12.6 Å². The number of benzene rings is 2. The zero-order valence-corrected chi connectivity index (χ0v) is 14.9. The fourth-order valence-electron chi connectivity index (χ4n) is 2.28. The minimum Gasteiger partial charge on any atom is -0.346 e. The van der Waals surface area contributed by atoms with Crippen LogP contribution >= 0.6 is 0 Å². The summed E-state index contributed by atoms with van der Waals surface area (Å²) in [5.74, 6) is -0.167. The highest BCUT2D eigenvalue weighted by Gasteiger charge is 2.16. The number of carbonyl (C=O) groups is 1. The largest absolute Gasteiger partial charge is 0.346 e. The van der Waals surface area contributed by atoms with Gasteiger partial charge in [0.15, 0.2) is 0 Å². The summed E-state index contributed by atoms with van der Waals surface area (Å²) >= 11 is 0. The van der Waals surface area contributed by atoms with Crippen molar-refractivity contribution in [3.05, 3.63) is 65.7 Å². The molecule has 1 N–H and O–H groups in total. The predicted molar refractivity (Wildman–Crippen MR) is 96.6 cm³/mol. The lowest BCUT2D eigenvalue weighted by Gasteiger charge is -2.19. The van der Waals surface area contributed by atoms with E-state index >= 15 is 0 Å². The van der Waals surface area contributed by atoms with E-state index in [1.54, 1.807) is 31.2 Å². The fourth-order valence-corrected chi connectivity index (χ4v) is 3.11. The molecule has 0 saturated carbocycles. The molecule has 0 aliphatic heterocycles. The number of hydrogen-bond donors (Lipinski definition) is 1. The maximum atomic E-state index is 12.3. The van der Waals surface area contributed by atoms with E-state index in [-0.39, 0.29) is 17.7 Å². The molecule has 0 aliphatic rings. The van der Waals surface area contributed by atoms with Crippen LogP contribution in [0.2, 0.25) is 0 Å². The topological polar surface area (TPSA) is 66.5 Å². The van der Waals surface area contributed by atoms with E-state index in [1.165, 1.54) is 11.4 Å². The minimum atomic E-state index is -3.31. The van der Waals surface area contributed by atoms with Gasteiger partial charge in [-0.15, -0.1) is 0 Å². The second-order valence-corrected chi connectivity index (χ2v) is 7.81. The van der Waals surface area contributed by atoms with Crippen molar-refractivity contribution in [2.75, 3.05) is 17.1 Å². The highest BCUT2D eigenvalue weighted by Crippen LogP contribution is 2.18. The third-order valence-corrected chi connectivity index (χ3v) is 5.70. The second kappa shape index (κ2) is 7.49. The molecule has 2 aromatic rings. The first-order chi connectivity index (χ1) is 11.3. The molecule has 24 heavy (non-hydrogen) atoms. The first kappa shape index (κ1) is 18.0. The van der Waals surface area contributed by atoms with E-state index in [4.69, 9.17) is 0 Å². The second-order valence-electron chi connectivity index (χ2n) is 5.52. The Morgan fingerprint density at radius 2 is 1.67 bits per heavy atom. The Kier molecular flexibility index (Phi) is 5.62. The zero-order valence-electron chi connectivity index (χ0n) is 14.1. The number of sulfonamides is 1. The van der Waals surface area contributed by atoms with Gasteiger partial charge in [0.25, 0.3) is 5.91 Å². The van der Waals surface area contributed by atoms with Crippen LogP contribution in [0.4, 0.5) is 5.69 Å². The van der Waals surface area contributed by atoms with E-state index in [2.05, 4.69) is 5.32 Å². The third kappa shape index (κ3) is 4.14. The standard InChI is InChI=1S/C18H22N2O3S/c1-4-24(22,23)20(3)17-12-10-16(11-13-17)18(21)19-14(2)15-8-6-5-7-9-15/h5-14H,4H2,1-3H3,(H,19,21)/t14-/m1/s1. The van der Waals surface area contributed by atoms with Crippen LogP contribution in [-0.4, -0.2) is 27.1 Å². The maximum Gasteiger partial charge on any atom is 0.251 e. The summed E-state index contributed by atoms with van der Waals surface area (Å²) in [6.45, 7) is 3.52. The van der Waals surface area contributed by atoms with Gasteiger partial charge in [-0.05, 0) is 43.7 Å². The average Bonchev–Trinajstić information content (AvgIpc) is 2.61. The van der Waals surface area contributed by atoms with E-state index in [0.717, 1.165) is 5.56 Å². The van der Waals surface area contributed by atoms with Crippen LogP contribution in [0.15, 0.2) is 54.6 Å². The van der Waals surface area contributed by atoms with Crippen molar-refractivity contribution in [3.63, 3.8) is 0 Å². The first-order valence-corrected chi connectivity index (χ1v) is 9.38. The molecule has 0 fully saturated rings. The molecule has 0 radical (unpaired) electrons. The van der Waals surface area contributed by atoms with E-state index < -0.39 is 10.0 Å². The summed E-state index contributed by atoms with van der Waals surface area (Å²) < 4.78 is 25.0. The Bertz CT molecular complexity index is 787. The van der Waals surface area contributed by atoms with Crippen molar-refractivity contribution in [2.45, 2.75) is 19.9 Å². The third-order valence-electron chi connectivity index (χ3n) is 3.92. The van der Waals surface area contributed by atoms with Crippen LogP contribution in [0.25, 0.3) is 0 Å². The highest BCUT2D eigenvalue weighted by molar-refractivity contribution is 7.92. The Balaban J connectivity index is 2.09. The zero-order chi connectivity index (χ0) is 17.7. The van der Waals surface area contributed by atoms with Crippen molar-refractivity contribution in [1.82, 2.24) is 5.32 Å². The average molecular weight is 346 g/mol. The van der Waals surface area contributed by atoms with Crippen LogP contribution in [0.5, 0.6) is 0 Å². The van der Waals surface area contributed by atoms with Gasteiger partial charge in [-0.1, -0.05) is 30.3 Å². The summed E-state index contributed by atoms with van der Waals surface area (Å²) in [7, 11) is -1.80. The molecule has 0 spiro atoms. The summed E-state index contributed by atoms with van der Waals surface area (Å²) in [5, 5.41) is 2.93. The van der Waals surface area contributed by atoms with Gasteiger partial charge in [0.05, 0.1) is 17.5 Å². The Morgan fingerprint density at radius 1 is 1.08 bits per heavy atom. The molecule has 0 aliphatic carbocycles. The molecular formula is C18H22N2O3S. The lowest BCUT2D eigenvalue weighted by Crippen LogP contribution is -2.28. The lowest BCUT2D eigenvalue weighted by molar-refractivity contribution is 0.0940. The van der Waals surface area contributed by atoms with Crippen molar-refractivity contribution < 1.29 is 13.2 Å². The van der Waals surface area contributed by atoms with Crippen molar-refractivity contribution in [3.8, 4) is 0 Å². The van der Waals surface area contributed by atoms with Crippen LogP contribution in [-0.2, 0) is 10.0 Å². The van der Waals surface area contributed by atoms with Gasteiger partial charge in [0.2, 0.25) is 10.0 Å². The SMILES string of the molecule is CCS(=O)(=O)N(C)c1ccc(C(=O)N[C@H](C)c2ccccc2)cc1. The molecule has 1 amide bonds. The van der Waals surface area contributed by atoms with Gasteiger partial charge < -0.3 is 5.32 Å². The first-order valence-electron chi connectivity index (χ1n) is 7.77. The van der Waals surface area contributed by atoms with Crippen molar-refractivity contribution in [1.29, 1.82) is 0 Å². The number of carbonyl (C=O) groups excluding carboxylic acids is 1. The number of amides is 1. The van der Waals surface area contributed by atoms with Crippen LogP contribution < -0.4 is 9.62 Å². The number of hydrogen-bond acceptors (Lipinski definition) is 3. The van der Waals surface area contributed by atoms with E-state index in [9.17, 15) is 13.2 Å². The fraction of sp³-hybridized carbons (Fsp3) is 0.278. The van der Waals surface area contributed by atoms with E-state index in [0.29, 0.717) is 11.3 Å². The lowest BCUT2D eigenvalue weighted by atomic mass is 10.1. The van der Waals surface area contributed by atoms with Gasteiger partial charge >= 0.3 is 0 Å². The molecule has 2 rings (SSSR count). The Labute approximate surface area is 143 Å². The van der Waals surface area contributed by atoms with E-state index in [1.807, 2.05) is 37.3 Å². The Morgan fingerprint density at radius 3 is 2.21 bits per heavy atom. The summed E-state index contributed by atoms with van der Waals surface area (Å²) in [5.41, 5.74) is 2.05.